The van der Waals surface area contributed by atoms with Gasteiger partial charge in [-0.1, -0.05) is 0 Å². The Bertz CT molecular complexity index is 403. The number of hydrogen-bond acceptors (Lipinski definition) is 1. The molecule has 3 nitrogen and oxygen atoms in total. The summed E-state index contributed by atoms with van der Waals surface area (Å²) in [6.07, 6.45) is 13.0. The van der Waals surface area contributed by atoms with Crippen LogP contribution in [0.3, 0.4) is 0 Å². The fourth-order valence-electron chi connectivity index (χ4n) is 6.49. The van der Waals surface area contributed by atoms with Gasteiger partial charge in [0.1, 0.15) is 0 Å². The summed E-state index contributed by atoms with van der Waals surface area (Å²) >= 11 is 0. The summed E-state index contributed by atoms with van der Waals surface area (Å²) in [5, 5.41) is 3.53. The van der Waals surface area contributed by atoms with Crippen molar-refractivity contribution in [2.75, 3.05) is 26.7 Å². The van der Waals surface area contributed by atoms with Crippen LogP contribution in [-0.2, 0) is 4.79 Å². The van der Waals surface area contributed by atoms with E-state index in [0.717, 1.165) is 35.2 Å². The number of likely N-dealkylation sites (tertiary alicyclic amines) is 1. The van der Waals surface area contributed by atoms with Gasteiger partial charge in [0, 0.05) is 5.54 Å². The number of piperidine rings is 1. The van der Waals surface area contributed by atoms with E-state index in [1.165, 1.54) is 70.9 Å². The molecule has 1 heterocycles. The minimum absolute atomic E-state index is 0.201. The largest absolute Gasteiger partial charge is 0.350 e. The van der Waals surface area contributed by atoms with Crippen LogP contribution in [0.2, 0.25) is 0 Å². The molecule has 22 heavy (non-hydrogen) atoms. The molecule has 4 saturated carbocycles. The fraction of sp³-hybridized carbons (Fsp3) is 0.947. The number of amides is 1. The van der Waals surface area contributed by atoms with E-state index in [0.29, 0.717) is 5.91 Å². The van der Waals surface area contributed by atoms with Crippen LogP contribution in [0.1, 0.15) is 64.2 Å². The zero-order valence-electron chi connectivity index (χ0n) is 14.3. The quantitative estimate of drug-likeness (QED) is 0.795. The van der Waals surface area contributed by atoms with Crippen LogP contribution in [-0.4, -0.2) is 42.6 Å². The van der Waals surface area contributed by atoms with Gasteiger partial charge >= 0.3 is 0 Å². The SMILES string of the molecule is C[N+]1(CCC(=O)NC23CC4CC(CC(C4)C2)C3)CCCCC1. The lowest BCUT2D eigenvalue weighted by Gasteiger charge is -2.57. The highest BCUT2D eigenvalue weighted by atomic mass is 16.1. The van der Waals surface area contributed by atoms with E-state index in [2.05, 4.69) is 12.4 Å². The number of hydrogen-bond donors (Lipinski definition) is 1. The summed E-state index contributed by atoms with van der Waals surface area (Å²) in [7, 11) is 2.34. The van der Waals surface area contributed by atoms with Crippen molar-refractivity contribution in [2.24, 2.45) is 17.8 Å². The van der Waals surface area contributed by atoms with Crippen molar-refractivity contribution in [3.63, 3.8) is 0 Å². The molecule has 5 aliphatic rings. The molecule has 0 aromatic heterocycles. The van der Waals surface area contributed by atoms with E-state index in [-0.39, 0.29) is 5.54 Å². The van der Waals surface area contributed by atoms with E-state index >= 15 is 0 Å². The Morgan fingerprint density at radius 1 is 1.00 bits per heavy atom. The Labute approximate surface area is 135 Å². The van der Waals surface area contributed by atoms with Crippen LogP contribution < -0.4 is 5.32 Å². The average molecular weight is 305 g/mol. The molecule has 5 rings (SSSR count). The molecule has 1 aliphatic heterocycles. The van der Waals surface area contributed by atoms with Gasteiger partial charge in [-0.2, -0.15) is 0 Å². The van der Waals surface area contributed by atoms with E-state index in [9.17, 15) is 4.79 Å². The number of carbonyl (C=O) groups is 1. The van der Waals surface area contributed by atoms with Gasteiger partial charge in [-0.05, 0) is 75.5 Å². The zero-order valence-corrected chi connectivity index (χ0v) is 14.3. The van der Waals surface area contributed by atoms with Crippen LogP contribution in [0.5, 0.6) is 0 Å². The van der Waals surface area contributed by atoms with E-state index in [1.54, 1.807) is 0 Å². The maximum atomic E-state index is 12.6. The topological polar surface area (TPSA) is 29.1 Å². The summed E-state index contributed by atoms with van der Waals surface area (Å²) < 4.78 is 1.12. The number of carbonyl (C=O) groups excluding carboxylic acids is 1. The minimum atomic E-state index is 0.201. The number of nitrogens with zero attached hydrogens (tertiary/aromatic N) is 1. The summed E-state index contributed by atoms with van der Waals surface area (Å²) in [6.45, 7) is 3.58. The predicted octanol–water partition coefficient (Wildman–Crippen LogP) is 3.09. The fourth-order valence-corrected chi connectivity index (χ4v) is 6.49. The van der Waals surface area contributed by atoms with Gasteiger partial charge in [-0.15, -0.1) is 0 Å². The van der Waals surface area contributed by atoms with Crippen molar-refractivity contribution >= 4 is 5.91 Å². The van der Waals surface area contributed by atoms with Gasteiger partial charge in [-0.25, -0.2) is 0 Å². The molecule has 4 bridgehead atoms. The molecule has 0 atom stereocenters. The van der Waals surface area contributed by atoms with Gasteiger partial charge < -0.3 is 9.80 Å². The van der Waals surface area contributed by atoms with Gasteiger partial charge in [0.2, 0.25) is 5.91 Å². The Balaban J connectivity index is 1.32. The molecule has 5 fully saturated rings. The molecule has 3 heteroatoms. The molecule has 0 unspecified atom stereocenters. The van der Waals surface area contributed by atoms with E-state index in [4.69, 9.17) is 0 Å². The first-order chi connectivity index (χ1) is 10.5. The third-order valence-corrected chi connectivity index (χ3v) is 7.22. The second-order valence-corrected chi connectivity index (χ2v) is 9.35. The first kappa shape index (κ1) is 15.0. The van der Waals surface area contributed by atoms with Crippen molar-refractivity contribution in [1.82, 2.24) is 5.32 Å². The van der Waals surface area contributed by atoms with Crippen molar-refractivity contribution in [2.45, 2.75) is 69.7 Å². The Morgan fingerprint density at radius 2 is 1.55 bits per heavy atom. The molecular formula is C19H33N2O+. The predicted molar refractivity (Wildman–Crippen MR) is 88.3 cm³/mol. The van der Waals surface area contributed by atoms with Gasteiger partial charge in [-0.3, -0.25) is 4.79 Å². The first-order valence-electron chi connectivity index (χ1n) is 9.69. The molecule has 4 aliphatic carbocycles. The summed E-state index contributed by atoms with van der Waals surface area (Å²) in [5.41, 5.74) is 0.201. The maximum absolute atomic E-state index is 12.6. The smallest absolute Gasteiger partial charge is 0.226 e. The number of rotatable bonds is 4. The number of nitrogens with one attached hydrogen (secondary N) is 1. The molecular weight excluding hydrogens is 272 g/mol. The Kier molecular flexibility index (Phi) is 3.75. The lowest BCUT2D eigenvalue weighted by atomic mass is 9.53. The maximum Gasteiger partial charge on any atom is 0.226 e. The molecule has 124 valence electrons. The second kappa shape index (κ2) is 5.51. The molecule has 1 N–H and O–H groups in total. The van der Waals surface area contributed by atoms with Crippen LogP contribution in [0.25, 0.3) is 0 Å². The monoisotopic (exact) mass is 305 g/mol. The highest BCUT2D eigenvalue weighted by Crippen LogP contribution is 2.55. The molecule has 0 spiro atoms. The lowest BCUT2D eigenvalue weighted by Crippen LogP contribution is -2.60. The van der Waals surface area contributed by atoms with Crippen LogP contribution >= 0.6 is 0 Å². The minimum Gasteiger partial charge on any atom is -0.350 e. The Hall–Kier alpha value is -0.570. The van der Waals surface area contributed by atoms with Gasteiger partial charge in [0.15, 0.2) is 0 Å². The summed E-state index contributed by atoms with van der Waals surface area (Å²) in [6, 6.07) is 0. The van der Waals surface area contributed by atoms with E-state index < -0.39 is 0 Å². The molecule has 0 radical (unpaired) electrons. The standard InChI is InChI=1S/C19H32N2O/c1-21(6-3-2-4-7-21)8-5-18(22)20-19-12-15-9-16(13-19)11-17(10-15)14-19/h15-17H,2-14H2,1H3/p+1. The Morgan fingerprint density at radius 3 is 2.09 bits per heavy atom. The molecule has 1 amide bonds. The van der Waals surface area contributed by atoms with Crippen LogP contribution in [0.15, 0.2) is 0 Å². The highest BCUT2D eigenvalue weighted by molar-refractivity contribution is 5.77. The molecule has 0 aromatic rings. The van der Waals surface area contributed by atoms with E-state index in [1.807, 2.05) is 0 Å². The third-order valence-electron chi connectivity index (χ3n) is 7.22. The lowest BCUT2D eigenvalue weighted by molar-refractivity contribution is -0.913. The number of quaternary nitrogens is 1. The molecule has 0 aromatic carbocycles. The van der Waals surface area contributed by atoms with Crippen molar-refractivity contribution in [3.05, 3.63) is 0 Å². The van der Waals surface area contributed by atoms with Crippen LogP contribution in [0.4, 0.5) is 0 Å². The van der Waals surface area contributed by atoms with Crippen molar-refractivity contribution < 1.29 is 9.28 Å². The normalized spacial score (nSPS) is 42.3. The second-order valence-electron chi connectivity index (χ2n) is 9.35. The summed E-state index contributed by atoms with van der Waals surface area (Å²) in [4.78, 5) is 12.6. The van der Waals surface area contributed by atoms with Crippen molar-refractivity contribution in [3.8, 4) is 0 Å². The summed E-state index contributed by atoms with van der Waals surface area (Å²) in [5.74, 6) is 3.08. The van der Waals surface area contributed by atoms with Gasteiger partial charge in [0.05, 0.1) is 33.1 Å². The van der Waals surface area contributed by atoms with Crippen molar-refractivity contribution in [1.29, 1.82) is 0 Å². The van der Waals surface area contributed by atoms with Gasteiger partial charge in [0.25, 0.3) is 0 Å². The third kappa shape index (κ3) is 2.93. The van der Waals surface area contributed by atoms with Crippen LogP contribution in [0, 0.1) is 17.8 Å². The average Bonchev–Trinajstić information content (AvgIpc) is 2.44. The first-order valence-corrected chi connectivity index (χ1v) is 9.69. The zero-order chi connectivity index (χ0) is 15.2. The molecule has 1 saturated heterocycles. The highest BCUT2D eigenvalue weighted by Gasteiger charge is 2.51.